The molecule has 0 radical (unpaired) electrons. The van der Waals surface area contributed by atoms with Gasteiger partial charge in [0.1, 0.15) is 0 Å². The Labute approximate surface area is 110 Å². The highest BCUT2D eigenvalue weighted by Crippen LogP contribution is 2.13. The summed E-state index contributed by atoms with van der Waals surface area (Å²) in [7, 11) is 1.60. The minimum atomic E-state index is -0.680. The number of amides is 1. The van der Waals surface area contributed by atoms with Gasteiger partial charge >= 0.3 is 0 Å². The highest BCUT2D eigenvalue weighted by molar-refractivity contribution is 6.04. The maximum Gasteiger partial charge on any atom is 0.255 e. The minimum absolute atomic E-state index is 0.227. The van der Waals surface area contributed by atoms with E-state index in [9.17, 15) is 9.18 Å². The van der Waals surface area contributed by atoms with E-state index >= 15 is 0 Å². The number of carbonyl (C=O) groups is 1. The van der Waals surface area contributed by atoms with Crippen LogP contribution in [0.15, 0.2) is 42.6 Å². The molecule has 1 aromatic carbocycles. The predicted octanol–water partition coefficient (Wildman–Crippen LogP) is 2.62. The van der Waals surface area contributed by atoms with Crippen molar-refractivity contribution < 1.29 is 13.9 Å². The van der Waals surface area contributed by atoms with Gasteiger partial charge in [-0.05, 0) is 23.8 Å². The maximum atomic E-state index is 12.9. The molecule has 0 fully saturated rings. The fraction of sp³-hybridized carbons (Fsp3) is 0.143. The number of anilines is 1. The number of rotatable bonds is 4. The van der Waals surface area contributed by atoms with Gasteiger partial charge in [-0.25, -0.2) is 4.98 Å². The highest BCUT2D eigenvalue weighted by atomic mass is 19.1. The van der Waals surface area contributed by atoms with Gasteiger partial charge in [0.25, 0.3) is 5.91 Å². The Bertz CT molecular complexity index is 587. The summed E-state index contributed by atoms with van der Waals surface area (Å²) in [4.78, 5) is 15.3. The van der Waals surface area contributed by atoms with Crippen molar-refractivity contribution in [3.05, 3.63) is 59.7 Å². The first-order valence-electron chi connectivity index (χ1n) is 5.70. The minimum Gasteiger partial charge on any atom is -0.380 e. The Balaban J connectivity index is 2.12. The molecule has 0 aliphatic rings. The summed E-state index contributed by atoms with van der Waals surface area (Å²) in [6.07, 6.45) is 1.26. The van der Waals surface area contributed by atoms with E-state index in [2.05, 4.69) is 10.3 Å². The average Bonchev–Trinajstić information content (AvgIpc) is 2.39. The number of hydrogen-bond acceptors (Lipinski definition) is 3. The van der Waals surface area contributed by atoms with E-state index in [0.29, 0.717) is 12.3 Å². The van der Waals surface area contributed by atoms with E-state index in [4.69, 9.17) is 4.74 Å². The second kappa shape index (κ2) is 6.06. The first-order valence-corrected chi connectivity index (χ1v) is 5.70. The smallest absolute Gasteiger partial charge is 0.255 e. The number of pyridine rings is 1. The molecule has 5 heteroatoms. The molecule has 0 bridgehead atoms. The quantitative estimate of drug-likeness (QED) is 0.860. The molecule has 0 unspecified atom stereocenters. The second-order valence-corrected chi connectivity index (χ2v) is 3.95. The highest BCUT2D eigenvalue weighted by Gasteiger charge is 2.07. The molecule has 4 nitrogen and oxygen atoms in total. The first-order chi connectivity index (χ1) is 9.19. The van der Waals surface area contributed by atoms with Crippen molar-refractivity contribution in [2.75, 3.05) is 12.4 Å². The standard InChI is InChI=1S/C14H13FN2O2/c1-19-9-10-3-2-4-12(7-10)17-14(18)11-5-6-16-13(15)8-11/h2-8H,9H2,1H3,(H,17,18). The van der Waals surface area contributed by atoms with E-state index in [1.54, 1.807) is 19.2 Å². The van der Waals surface area contributed by atoms with Crippen molar-refractivity contribution in [1.29, 1.82) is 0 Å². The van der Waals surface area contributed by atoms with Crippen LogP contribution in [0.25, 0.3) is 0 Å². The number of benzene rings is 1. The van der Waals surface area contributed by atoms with Gasteiger partial charge in [-0.2, -0.15) is 4.39 Å². The summed E-state index contributed by atoms with van der Waals surface area (Å²) in [5.41, 5.74) is 1.81. The molecule has 19 heavy (non-hydrogen) atoms. The van der Waals surface area contributed by atoms with Crippen LogP contribution < -0.4 is 5.32 Å². The van der Waals surface area contributed by atoms with Crippen molar-refractivity contribution in [2.45, 2.75) is 6.61 Å². The molecule has 1 heterocycles. The summed E-state index contributed by atoms with van der Waals surface area (Å²) in [5.74, 6) is -1.06. The molecular formula is C14H13FN2O2. The van der Waals surface area contributed by atoms with Gasteiger partial charge in [-0.3, -0.25) is 4.79 Å². The molecule has 2 aromatic rings. The molecule has 1 amide bonds. The Kier molecular flexibility index (Phi) is 4.20. The third kappa shape index (κ3) is 3.59. The Morgan fingerprint density at radius 3 is 2.95 bits per heavy atom. The van der Waals surface area contributed by atoms with E-state index in [1.165, 1.54) is 12.3 Å². The molecule has 2 rings (SSSR count). The van der Waals surface area contributed by atoms with Crippen LogP contribution in [0.1, 0.15) is 15.9 Å². The summed E-state index contributed by atoms with van der Waals surface area (Å²) in [5, 5.41) is 2.70. The van der Waals surface area contributed by atoms with Crippen LogP contribution in [-0.4, -0.2) is 18.0 Å². The number of ether oxygens (including phenoxy) is 1. The molecule has 0 spiro atoms. The number of hydrogen-bond donors (Lipinski definition) is 1. The number of methoxy groups -OCH3 is 1. The van der Waals surface area contributed by atoms with Gasteiger partial charge in [0.15, 0.2) is 0 Å². The van der Waals surface area contributed by atoms with Crippen LogP contribution in [0.4, 0.5) is 10.1 Å². The maximum absolute atomic E-state index is 12.9. The van der Waals surface area contributed by atoms with E-state index in [1.807, 2.05) is 12.1 Å². The molecule has 0 aliphatic heterocycles. The second-order valence-electron chi connectivity index (χ2n) is 3.95. The summed E-state index contributed by atoms with van der Waals surface area (Å²) < 4.78 is 17.9. The van der Waals surface area contributed by atoms with Crippen LogP contribution in [0.2, 0.25) is 0 Å². The van der Waals surface area contributed by atoms with Gasteiger partial charge in [0.05, 0.1) is 6.61 Å². The van der Waals surface area contributed by atoms with Gasteiger partial charge in [-0.1, -0.05) is 12.1 Å². The first kappa shape index (κ1) is 13.2. The topological polar surface area (TPSA) is 51.2 Å². The van der Waals surface area contributed by atoms with Gasteiger partial charge in [0.2, 0.25) is 5.95 Å². The van der Waals surface area contributed by atoms with E-state index in [0.717, 1.165) is 11.6 Å². The van der Waals surface area contributed by atoms with Crippen LogP contribution >= 0.6 is 0 Å². The van der Waals surface area contributed by atoms with E-state index < -0.39 is 5.95 Å². The number of nitrogens with zero attached hydrogens (tertiary/aromatic N) is 1. The normalized spacial score (nSPS) is 10.2. The lowest BCUT2D eigenvalue weighted by Crippen LogP contribution is -2.12. The number of nitrogens with one attached hydrogen (secondary N) is 1. The molecule has 0 atom stereocenters. The molecule has 0 aliphatic carbocycles. The van der Waals surface area contributed by atoms with Crippen molar-refractivity contribution in [1.82, 2.24) is 4.98 Å². The van der Waals surface area contributed by atoms with Crippen molar-refractivity contribution >= 4 is 11.6 Å². The monoisotopic (exact) mass is 260 g/mol. The Morgan fingerprint density at radius 2 is 2.21 bits per heavy atom. The van der Waals surface area contributed by atoms with Gasteiger partial charge in [-0.15, -0.1) is 0 Å². The summed E-state index contributed by atoms with van der Waals surface area (Å²) in [6, 6.07) is 9.82. The number of aromatic nitrogens is 1. The Hall–Kier alpha value is -2.27. The fourth-order valence-electron chi connectivity index (χ4n) is 1.65. The van der Waals surface area contributed by atoms with Crippen LogP contribution in [0, 0.1) is 5.95 Å². The molecule has 0 saturated carbocycles. The van der Waals surface area contributed by atoms with Crippen LogP contribution in [0.5, 0.6) is 0 Å². The fourth-order valence-corrected chi connectivity index (χ4v) is 1.65. The SMILES string of the molecule is COCc1cccc(NC(=O)c2ccnc(F)c2)c1. The zero-order chi connectivity index (χ0) is 13.7. The molecular weight excluding hydrogens is 247 g/mol. The van der Waals surface area contributed by atoms with Crippen molar-refractivity contribution in [3.8, 4) is 0 Å². The predicted molar refractivity (Wildman–Crippen MR) is 69.3 cm³/mol. The lowest BCUT2D eigenvalue weighted by Gasteiger charge is -2.07. The zero-order valence-electron chi connectivity index (χ0n) is 10.4. The van der Waals surface area contributed by atoms with Gasteiger partial charge in [0, 0.05) is 30.6 Å². The molecule has 1 aromatic heterocycles. The average molecular weight is 260 g/mol. The Morgan fingerprint density at radius 1 is 1.37 bits per heavy atom. The van der Waals surface area contributed by atoms with Crippen LogP contribution in [0.3, 0.4) is 0 Å². The molecule has 0 saturated heterocycles. The van der Waals surface area contributed by atoms with Gasteiger partial charge < -0.3 is 10.1 Å². The van der Waals surface area contributed by atoms with Crippen molar-refractivity contribution in [2.24, 2.45) is 0 Å². The summed E-state index contributed by atoms with van der Waals surface area (Å²) >= 11 is 0. The summed E-state index contributed by atoms with van der Waals surface area (Å²) in [6.45, 7) is 0.466. The molecule has 1 N–H and O–H groups in total. The van der Waals surface area contributed by atoms with Crippen molar-refractivity contribution in [3.63, 3.8) is 0 Å². The third-order valence-electron chi connectivity index (χ3n) is 2.48. The number of halogens is 1. The third-order valence-corrected chi connectivity index (χ3v) is 2.48. The largest absolute Gasteiger partial charge is 0.380 e. The number of carbonyl (C=O) groups excluding carboxylic acids is 1. The van der Waals surface area contributed by atoms with Crippen LogP contribution in [-0.2, 0) is 11.3 Å². The van der Waals surface area contributed by atoms with E-state index in [-0.39, 0.29) is 11.5 Å². The lowest BCUT2D eigenvalue weighted by atomic mass is 10.2. The molecule has 98 valence electrons. The zero-order valence-corrected chi connectivity index (χ0v) is 10.4. The lowest BCUT2D eigenvalue weighted by molar-refractivity contribution is 0.102.